The lowest BCUT2D eigenvalue weighted by atomic mass is 9.72. The molecule has 3 N–H and O–H groups in total. The van der Waals surface area contributed by atoms with Crippen LogP contribution < -0.4 is 16.0 Å². The van der Waals surface area contributed by atoms with Gasteiger partial charge < -0.3 is 30.3 Å². The van der Waals surface area contributed by atoms with E-state index in [1.165, 1.54) is 39.2 Å². The third-order valence-corrected chi connectivity index (χ3v) is 9.75. The number of alkyl carbamates (subject to hydrolysis) is 1. The summed E-state index contributed by atoms with van der Waals surface area (Å²) in [5, 5.41) is 9.48. The molecular formula is C30H46N4O4. The van der Waals surface area contributed by atoms with Crippen LogP contribution in [0.15, 0.2) is 30.3 Å². The molecule has 1 aromatic rings. The molecule has 1 aromatic carbocycles. The highest BCUT2D eigenvalue weighted by atomic mass is 16.5. The molecule has 1 heterocycles. The second-order valence-electron chi connectivity index (χ2n) is 12.3. The molecule has 5 fully saturated rings. The van der Waals surface area contributed by atoms with Crippen LogP contribution in [0.2, 0.25) is 0 Å². The van der Waals surface area contributed by atoms with Crippen molar-refractivity contribution in [1.82, 2.24) is 20.9 Å². The van der Waals surface area contributed by atoms with E-state index in [0.717, 1.165) is 55.7 Å². The minimum absolute atomic E-state index is 0.0585. The topological polar surface area (TPSA) is 91.9 Å². The number of piperidine rings is 1. The number of urea groups is 1. The number of likely N-dealkylation sites (N-methyl/N-ethyl adjacent to an activating group) is 1. The molecule has 2 unspecified atom stereocenters. The van der Waals surface area contributed by atoms with Gasteiger partial charge in [-0.15, -0.1) is 0 Å². The van der Waals surface area contributed by atoms with Gasteiger partial charge in [0.1, 0.15) is 0 Å². The number of benzene rings is 1. The van der Waals surface area contributed by atoms with Gasteiger partial charge in [-0.3, -0.25) is 0 Å². The number of carbonyl (C=O) groups excluding carboxylic acids is 2. The highest BCUT2D eigenvalue weighted by molar-refractivity contribution is 5.74. The Morgan fingerprint density at radius 1 is 1.13 bits per heavy atom. The molecule has 8 nitrogen and oxygen atoms in total. The molecule has 1 saturated heterocycles. The zero-order valence-corrected chi connectivity index (χ0v) is 23.1. The Morgan fingerprint density at radius 2 is 1.89 bits per heavy atom. The molecule has 38 heavy (non-hydrogen) atoms. The second-order valence-corrected chi connectivity index (χ2v) is 12.3. The van der Waals surface area contributed by atoms with Gasteiger partial charge in [0.25, 0.3) is 0 Å². The Morgan fingerprint density at radius 3 is 2.61 bits per heavy atom. The molecule has 3 amide bonds. The molecule has 4 aliphatic carbocycles. The van der Waals surface area contributed by atoms with Crippen LogP contribution in [-0.4, -0.2) is 70.0 Å². The van der Waals surface area contributed by atoms with Gasteiger partial charge in [0.15, 0.2) is 0 Å². The van der Waals surface area contributed by atoms with Gasteiger partial charge in [0, 0.05) is 38.1 Å². The molecule has 4 saturated carbocycles. The molecule has 0 aromatic heterocycles. The van der Waals surface area contributed by atoms with E-state index in [0.29, 0.717) is 25.1 Å². The van der Waals surface area contributed by atoms with Gasteiger partial charge in [0.2, 0.25) is 0 Å². The van der Waals surface area contributed by atoms with Crippen molar-refractivity contribution in [1.29, 1.82) is 0 Å². The number of rotatable bonds is 11. The number of amides is 3. The van der Waals surface area contributed by atoms with E-state index in [9.17, 15) is 9.59 Å². The van der Waals surface area contributed by atoms with E-state index in [1.54, 1.807) is 0 Å². The number of hydrogen-bond donors (Lipinski definition) is 3. The van der Waals surface area contributed by atoms with Gasteiger partial charge in [0.05, 0.1) is 19.8 Å². The number of methoxy groups -OCH3 is 1. The second kappa shape index (κ2) is 12.2. The molecular weight excluding hydrogens is 480 g/mol. The monoisotopic (exact) mass is 526 g/mol. The predicted molar refractivity (Wildman–Crippen MR) is 147 cm³/mol. The van der Waals surface area contributed by atoms with E-state index in [4.69, 9.17) is 4.74 Å². The van der Waals surface area contributed by atoms with Crippen LogP contribution in [0.5, 0.6) is 0 Å². The quantitative estimate of drug-likeness (QED) is 0.374. The van der Waals surface area contributed by atoms with Crippen molar-refractivity contribution in [3.8, 4) is 0 Å². The molecule has 8 heteroatoms. The van der Waals surface area contributed by atoms with Crippen LogP contribution in [0.3, 0.4) is 0 Å². The van der Waals surface area contributed by atoms with E-state index < -0.39 is 6.09 Å². The number of nitrogens with one attached hydrogen (secondary N) is 3. The van der Waals surface area contributed by atoms with E-state index in [-0.39, 0.29) is 24.1 Å². The van der Waals surface area contributed by atoms with Crippen LogP contribution in [0.4, 0.5) is 9.59 Å². The maximum absolute atomic E-state index is 13.6. The van der Waals surface area contributed by atoms with E-state index in [1.807, 2.05) is 30.1 Å². The maximum Gasteiger partial charge on any atom is 0.406 e. The minimum Gasteiger partial charge on any atom is -0.453 e. The number of nitrogens with zero attached hydrogens (tertiary/aromatic N) is 1. The highest BCUT2D eigenvalue weighted by Gasteiger charge is 2.57. The van der Waals surface area contributed by atoms with Crippen molar-refractivity contribution in [2.75, 3.05) is 46.9 Å². The van der Waals surface area contributed by atoms with Crippen LogP contribution in [0, 0.1) is 29.1 Å². The molecule has 0 spiro atoms. The molecule has 5 aliphatic rings. The average Bonchev–Trinajstić information content (AvgIpc) is 3.31. The summed E-state index contributed by atoms with van der Waals surface area (Å²) in [6, 6.07) is 10.4. The highest BCUT2D eigenvalue weighted by Crippen LogP contribution is 2.67. The molecule has 4 bridgehead atoms. The summed E-state index contributed by atoms with van der Waals surface area (Å²) in [6.45, 7) is 3.02. The van der Waals surface area contributed by atoms with E-state index in [2.05, 4.69) is 32.8 Å². The summed E-state index contributed by atoms with van der Waals surface area (Å²) in [5.74, 6) is 2.93. The van der Waals surface area contributed by atoms with Gasteiger partial charge in [-0.1, -0.05) is 30.3 Å². The summed E-state index contributed by atoms with van der Waals surface area (Å²) in [5.41, 5.74) is 1.56. The largest absolute Gasteiger partial charge is 0.453 e. The summed E-state index contributed by atoms with van der Waals surface area (Å²) in [6.07, 6.45) is 9.49. The molecule has 210 valence electrons. The average molecular weight is 527 g/mol. The van der Waals surface area contributed by atoms with Crippen LogP contribution in [-0.2, 0) is 9.47 Å². The number of hydrogen-bond acceptors (Lipinski definition) is 5. The van der Waals surface area contributed by atoms with Crippen molar-refractivity contribution >= 4 is 12.1 Å². The zero-order chi connectivity index (χ0) is 26.5. The number of carbonyl (C=O) groups is 2. The Kier molecular flexibility index (Phi) is 8.78. The fraction of sp³-hybridized carbons (Fsp3) is 0.733. The number of likely N-dealkylation sites (tertiary alicyclic amines) is 1. The lowest BCUT2D eigenvalue weighted by Crippen LogP contribution is -2.52. The SMILES string of the molecule is CNC[C@H](CC12CC3CC(CC1C3)C2)NC(=O)N1CCC[C@@H]([C@@H](OCCNC(=O)OC)c2ccccc2)C1. The van der Waals surface area contributed by atoms with Gasteiger partial charge in [-0.05, 0) is 87.1 Å². The summed E-state index contributed by atoms with van der Waals surface area (Å²) in [7, 11) is 3.34. The summed E-state index contributed by atoms with van der Waals surface area (Å²) < 4.78 is 11.0. The molecule has 0 radical (unpaired) electrons. The normalized spacial score (nSPS) is 31.2. The Bertz CT molecular complexity index is 929. The fourth-order valence-electron chi connectivity index (χ4n) is 8.48. The third-order valence-electron chi connectivity index (χ3n) is 9.75. The first-order valence-corrected chi connectivity index (χ1v) is 14.7. The summed E-state index contributed by atoms with van der Waals surface area (Å²) in [4.78, 5) is 27.0. The summed E-state index contributed by atoms with van der Waals surface area (Å²) >= 11 is 0. The minimum atomic E-state index is -0.459. The van der Waals surface area contributed by atoms with Gasteiger partial charge >= 0.3 is 12.1 Å². The third kappa shape index (κ3) is 6.12. The lowest BCUT2D eigenvalue weighted by molar-refractivity contribution is -0.00871. The smallest absolute Gasteiger partial charge is 0.406 e. The van der Waals surface area contributed by atoms with Crippen molar-refractivity contribution < 1.29 is 19.1 Å². The lowest BCUT2D eigenvalue weighted by Gasteiger charge is -2.39. The van der Waals surface area contributed by atoms with Crippen molar-refractivity contribution in [2.45, 2.75) is 63.5 Å². The first kappa shape index (κ1) is 27.3. The first-order chi connectivity index (χ1) is 18.5. The molecule has 6 rings (SSSR count). The van der Waals surface area contributed by atoms with E-state index >= 15 is 0 Å². The van der Waals surface area contributed by atoms with Crippen molar-refractivity contribution in [3.05, 3.63) is 35.9 Å². The Balaban J connectivity index is 1.20. The molecule has 1 aliphatic heterocycles. The van der Waals surface area contributed by atoms with Gasteiger partial charge in [-0.25, -0.2) is 9.59 Å². The van der Waals surface area contributed by atoms with Gasteiger partial charge in [-0.2, -0.15) is 0 Å². The van der Waals surface area contributed by atoms with Crippen LogP contribution in [0.1, 0.15) is 63.0 Å². The van der Waals surface area contributed by atoms with Crippen LogP contribution >= 0.6 is 0 Å². The zero-order valence-electron chi connectivity index (χ0n) is 23.1. The Hall–Kier alpha value is -2.32. The van der Waals surface area contributed by atoms with Crippen molar-refractivity contribution in [3.63, 3.8) is 0 Å². The first-order valence-electron chi connectivity index (χ1n) is 14.7. The standard InChI is InChI=1S/C30H46N4O4/c1-31-19-26(18-30-16-21-13-22(17-30)15-25(30)14-21)33-28(35)34-11-6-9-24(20-34)27(23-7-4-3-5-8-23)38-12-10-32-29(36)37-2/h3-5,7-8,21-22,24-27,31H,6,9-20H2,1-2H3,(H,32,36)(H,33,35)/t21?,22?,24-,25?,26+,27+,30?/m1/s1. The number of ether oxygens (including phenoxy) is 2. The van der Waals surface area contributed by atoms with Crippen LogP contribution in [0.25, 0.3) is 0 Å². The Labute approximate surface area is 227 Å². The predicted octanol–water partition coefficient (Wildman–Crippen LogP) is 4.33. The maximum atomic E-state index is 13.6. The van der Waals surface area contributed by atoms with Crippen molar-refractivity contribution in [2.24, 2.45) is 29.1 Å². The molecule has 5 atom stereocenters. The fourth-order valence-corrected chi connectivity index (χ4v) is 8.48.